The zero-order chi connectivity index (χ0) is 14.8. The molecule has 1 heterocycles. The lowest BCUT2D eigenvalue weighted by Gasteiger charge is -2.09. The van der Waals surface area contributed by atoms with Gasteiger partial charge in [-0.2, -0.15) is 0 Å². The summed E-state index contributed by atoms with van der Waals surface area (Å²) >= 11 is 0. The molecule has 0 amide bonds. The second-order valence-electron chi connectivity index (χ2n) is 4.28. The molecule has 1 aromatic rings. The number of aromatic nitrogens is 1. The maximum Gasteiger partial charge on any atom is 0.335 e. The van der Waals surface area contributed by atoms with E-state index in [2.05, 4.69) is 10.3 Å². The van der Waals surface area contributed by atoms with Gasteiger partial charge in [0.25, 0.3) is 0 Å². The van der Waals surface area contributed by atoms with E-state index in [0.29, 0.717) is 38.6 Å². The van der Waals surface area contributed by atoms with E-state index in [1.807, 2.05) is 6.92 Å². The van der Waals surface area contributed by atoms with Crippen LogP contribution in [0.5, 0.6) is 0 Å². The maximum atomic E-state index is 11.0. The average molecular weight is 282 g/mol. The van der Waals surface area contributed by atoms with E-state index in [1.54, 1.807) is 19.2 Å². The van der Waals surface area contributed by atoms with Crippen LogP contribution < -0.4 is 5.32 Å². The second kappa shape index (κ2) is 9.28. The number of rotatable bonds is 10. The molecule has 0 unspecified atom stereocenters. The Morgan fingerprint density at radius 3 is 2.80 bits per heavy atom. The number of hydrogen-bond donors (Lipinski definition) is 2. The smallest absolute Gasteiger partial charge is 0.335 e. The molecule has 0 aliphatic carbocycles. The fraction of sp³-hybridized carbons (Fsp3) is 0.571. The number of carboxylic acid groups (broad SMARTS) is 1. The van der Waals surface area contributed by atoms with Crippen molar-refractivity contribution in [3.63, 3.8) is 0 Å². The maximum absolute atomic E-state index is 11.0. The lowest BCUT2D eigenvalue weighted by molar-refractivity contribution is 0.0696. The molecule has 0 aromatic carbocycles. The summed E-state index contributed by atoms with van der Waals surface area (Å²) in [6, 6.07) is 3.15. The lowest BCUT2D eigenvalue weighted by Crippen LogP contribution is -2.10. The van der Waals surface area contributed by atoms with Crippen molar-refractivity contribution in [3.8, 4) is 0 Å². The number of ether oxygens (including phenoxy) is 2. The Kier molecular flexibility index (Phi) is 7.60. The number of carbonyl (C=O) groups is 1. The molecule has 0 bridgehead atoms. The fourth-order valence-electron chi connectivity index (χ4n) is 1.62. The number of methoxy groups -OCH3 is 1. The fourth-order valence-corrected chi connectivity index (χ4v) is 1.62. The molecule has 0 aliphatic rings. The van der Waals surface area contributed by atoms with Crippen molar-refractivity contribution in [2.75, 3.05) is 38.8 Å². The number of nitrogens with one attached hydrogen (secondary N) is 1. The van der Waals surface area contributed by atoms with Gasteiger partial charge in [-0.05, 0) is 25.0 Å². The van der Waals surface area contributed by atoms with Crippen molar-refractivity contribution in [1.82, 2.24) is 4.98 Å². The van der Waals surface area contributed by atoms with Crippen LogP contribution in [0.15, 0.2) is 12.1 Å². The third kappa shape index (κ3) is 5.99. The minimum absolute atomic E-state index is 0.260. The zero-order valence-electron chi connectivity index (χ0n) is 12.0. The molecule has 20 heavy (non-hydrogen) atoms. The van der Waals surface area contributed by atoms with Crippen LogP contribution in [-0.2, 0) is 15.9 Å². The normalized spacial score (nSPS) is 10.5. The molecule has 1 rings (SSSR count). The summed E-state index contributed by atoms with van der Waals surface area (Å²) in [4.78, 5) is 15.4. The Hall–Kier alpha value is -1.66. The third-order valence-electron chi connectivity index (χ3n) is 2.69. The number of aromatic carboxylic acids is 1. The van der Waals surface area contributed by atoms with Crippen LogP contribution in [-0.4, -0.2) is 49.5 Å². The topological polar surface area (TPSA) is 80.7 Å². The SMILES string of the molecule is CCc1cc(C(=O)O)cc(NCCCOCCOC)n1. The number of aryl methyl sites for hydroxylation is 1. The Morgan fingerprint density at radius 1 is 1.35 bits per heavy atom. The van der Waals surface area contributed by atoms with Gasteiger partial charge in [-0.3, -0.25) is 0 Å². The Bertz CT molecular complexity index is 424. The van der Waals surface area contributed by atoms with Crippen LogP contribution in [0.25, 0.3) is 0 Å². The highest BCUT2D eigenvalue weighted by molar-refractivity contribution is 5.88. The largest absolute Gasteiger partial charge is 0.478 e. The first kappa shape index (κ1) is 16.4. The molecule has 0 saturated carbocycles. The lowest BCUT2D eigenvalue weighted by atomic mass is 10.2. The molecule has 0 spiro atoms. The van der Waals surface area contributed by atoms with Gasteiger partial charge in [-0.15, -0.1) is 0 Å². The molecular weight excluding hydrogens is 260 g/mol. The number of pyridine rings is 1. The highest BCUT2D eigenvalue weighted by Gasteiger charge is 2.07. The van der Waals surface area contributed by atoms with Gasteiger partial charge >= 0.3 is 5.97 Å². The predicted octanol–water partition coefficient (Wildman–Crippen LogP) is 1.81. The predicted molar refractivity (Wildman–Crippen MR) is 76.4 cm³/mol. The average Bonchev–Trinajstić information content (AvgIpc) is 2.46. The number of nitrogens with zero attached hydrogens (tertiary/aromatic N) is 1. The first-order valence-electron chi connectivity index (χ1n) is 6.72. The van der Waals surface area contributed by atoms with Crippen molar-refractivity contribution in [1.29, 1.82) is 0 Å². The van der Waals surface area contributed by atoms with Gasteiger partial charge in [-0.1, -0.05) is 6.92 Å². The van der Waals surface area contributed by atoms with E-state index in [9.17, 15) is 4.79 Å². The molecule has 0 atom stereocenters. The summed E-state index contributed by atoms with van der Waals surface area (Å²) in [6.45, 7) is 4.45. The minimum Gasteiger partial charge on any atom is -0.478 e. The van der Waals surface area contributed by atoms with Crippen molar-refractivity contribution >= 4 is 11.8 Å². The van der Waals surface area contributed by atoms with Crippen LogP contribution in [0.1, 0.15) is 29.4 Å². The summed E-state index contributed by atoms with van der Waals surface area (Å²) < 4.78 is 10.2. The standard InChI is InChI=1S/C14H22N2O4/c1-3-12-9-11(14(17)18)10-13(16-12)15-5-4-6-20-8-7-19-2/h9-10H,3-8H2,1-2H3,(H,15,16)(H,17,18). The van der Waals surface area contributed by atoms with Crippen LogP contribution in [0, 0.1) is 0 Å². The molecule has 0 fully saturated rings. The van der Waals surface area contributed by atoms with Gasteiger partial charge in [0, 0.05) is 26.0 Å². The summed E-state index contributed by atoms with van der Waals surface area (Å²) in [5.74, 6) is -0.341. The molecule has 6 nitrogen and oxygen atoms in total. The monoisotopic (exact) mass is 282 g/mol. The van der Waals surface area contributed by atoms with E-state index >= 15 is 0 Å². The van der Waals surface area contributed by atoms with E-state index in [1.165, 1.54) is 0 Å². The molecule has 112 valence electrons. The van der Waals surface area contributed by atoms with Gasteiger partial charge in [0.2, 0.25) is 0 Å². The van der Waals surface area contributed by atoms with E-state index in [4.69, 9.17) is 14.6 Å². The van der Waals surface area contributed by atoms with Crippen LogP contribution in [0.2, 0.25) is 0 Å². The molecule has 2 N–H and O–H groups in total. The van der Waals surface area contributed by atoms with Crippen LogP contribution in [0.4, 0.5) is 5.82 Å². The third-order valence-corrected chi connectivity index (χ3v) is 2.69. The second-order valence-corrected chi connectivity index (χ2v) is 4.28. The number of carboxylic acids is 1. The van der Waals surface area contributed by atoms with Gasteiger partial charge in [0.05, 0.1) is 18.8 Å². The van der Waals surface area contributed by atoms with E-state index < -0.39 is 5.97 Å². The summed E-state index contributed by atoms with van der Waals surface area (Å²) in [6.07, 6.45) is 1.53. The molecule has 1 aromatic heterocycles. The van der Waals surface area contributed by atoms with Crippen molar-refractivity contribution in [2.24, 2.45) is 0 Å². The van der Waals surface area contributed by atoms with Gasteiger partial charge < -0.3 is 19.9 Å². The number of hydrogen-bond acceptors (Lipinski definition) is 5. The van der Waals surface area contributed by atoms with Crippen LogP contribution >= 0.6 is 0 Å². The Morgan fingerprint density at radius 2 is 2.15 bits per heavy atom. The Labute approximate surface area is 119 Å². The molecular formula is C14H22N2O4. The van der Waals surface area contributed by atoms with Crippen molar-refractivity contribution in [3.05, 3.63) is 23.4 Å². The van der Waals surface area contributed by atoms with E-state index in [-0.39, 0.29) is 5.56 Å². The highest BCUT2D eigenvalue weighted by Crippen LogP contribution is 2.11. The summed E-state index contributed by atoms with van der Waals surface area (Å²) in [7, 11) is 1.64. The molecule has 0 saturated heterocycles. The van der Waals surface area contributed by atoms with Crippen molar-refractivity contribution < 1.29 is 19.4 Å². The highest BCUT2D eigenvalue weighted by atomic mass is 16.5. The first-order chi connectivity index (χ1) is 9.67. The van der Waals surface area contributed by atoms with E-state index in [0.717, 1.165) is 12.1 Å². The minimum atomic E-state index is -0.937. The Balaban J connectivity index is 2.39. The van der Waals surface area contributed by atoms with Gasteiger partial charge in [-0.25, -0.2) is 9.78 Å². The zero-order valence-corrected chi connectivity index (χ0v) is 12.0. The van der Waals surface area contributed by atoms with Gasteiger partial charge in [0.1, 0.15) is 5.82 Å². The quantitative estimate of drug-likeness (QED) is 0.637. The molecule has 0 radical (unpaired) electrons. The summed E-state index contributed by atoms with van der Waals surface area (Å²) in [5.41, 5.74) is 1.03. The number of anilines is 1. The molecule has 6 heteroatoms. The van der Waals surface area contributed by atoms with Gasteiger partial charge in [0.15, 0.2) is 0 Å². The molecule has 0 aliphatic heterocycles. The van der Waals surface area contributed by atoms with Crippen LogP contribution in [0.3, 0.4) is 0 Å². The first-order valence-corrected chi connectivity index (χ1v) is 6.72. The summed E-state index contributed by atoms with van der Waals surface area (Å²) in [5, 5.41) is 12.2. The van der Waals surface area contributed by atoms with Crippen molar-refractivity contribution in [2.45, 2.75) is 19.8 Å².